The number of hydrogen-bond donors (Lipinski definition) is 2. The third kappa shape index (κ3) is 53.2. The number of carbonyl (C=O) groups is 6. The maximum atomic E-state index is 11.5. The zero-order chi connectivity index (χ0) is 38.9. The number of carboxylic acids is 2. The molecule has 54 heavy (non-hydrogen) atoms. The van der Waals surface area contributed by atoms with Gasteiger partial charge in [0.1, 0.15) is 0 Å². The molecule has 0 rings (SSSR count). The van der Waals surface area contributed by atoms with Crippen molar-refractivity contribution in [3.63, 3.8) is 0 Å². The number of carboxylic acid groups (broad SMARTS) is 2. The van der Waals surface area contributed by atoms with E-state index < -0.39 is 48.9 Å². The summed E-state index contributed by atoms with van der Waals surface area (Å²) in [5.41, 5.74) is 0. The summed E-state index contributed by atoms with van der Waals surface area (Å²) in [7, 11) is 0. The number of ether oxygens (including phenoxy) is 2. The molecule has 0 saturated carbocycles. The number of esters is 4. The van der Waals surface area contributed by atoms with Crippen LogP contribution in [0, 0.1) is 0 Å². The van der Waals surface area contributed by atoms with Crippen molar-refractivity contribution in [2.45, 2.75) is 194 Å². The Morgan fingerprint density at radius 3 is 0.796 bits per heavy atom. The molecule has 0 atom stereocenters. The van der Waals surface area contributed by atoms with E-state index in [2.05, 4.69) is 34.0 Å². The molecule has 304 valence electrons. The van der Waals surface area contributed by atoms with Crippen LogP contribution in [0.15, 0.2) is 0 Å². The quantitative estimate of drug-likeness (QED) is 0.0368. The molecule has 0 aromatic rings. The van der Waals surface area contributed by atoms with Gasteiger partial charge in [-0.25, -0.2) is 0 Å². The van der Waals surface area contributed by atoms with E-state index >= 15 is 0 Å². The zero-order valence-electron chi connectivity index (χ0n) is 34.7. The van der Waals surface area contributed by atoms with Crippen molar-refractivity contribution in [2.75, 3.05) is 26.2 Å². The first-order chi connectivity index (χ1) is 25.1. The summed E-state index contributed by atoms with van der Waals surface area (Å²) in [6, 6.07) is 0. The standard InChI is InChI=1S/2C20H37NO5.2Na/c2*1-2-3-4-5-6-7-8-9-10-11-12-13-14-15-19(24)26-20(25)17-21-16-18(22)23;;/h2*21H,2-17H2,1H3,(H,22,23);;/q;;2*+1/p-2. The molecule has 0 radical (unpaired) electrons. The van der Waals surface area contributed by atoms with Crippen molar-refractivity contribution in [1.82, 2.24) is 10.6 Å². The van der Waals surface area contributed by atoms with Gasteiger partial charge in [-0.2, -0.15) is 0 Å². The third-order valence-corrected chi connectivity index (χ3v) is 8.50. The summed E-state index contributed by atoms with van der Waals surface area (Å²) in [6.07, 6.45) is 32.4. The first kappa shape index (κ1) is 59.8. The maximum absolute atomic E-state index is 11.5. The Hall–Kier alpha value is -0.860. The van der Waals surface area contributed by atoms with Crippen LogP contribution in [0.1, 0.15) is 194 Å². The normalized spacial score (nSPS) is 10.3. The molecule has 0 saturated heterocycles. The first-order valence-electron chi connectivity index (χ1n) is 20.4. The molecule has 12 nitrogen and oxygen atoms in total. The Kier molecular flexibility index (Phi) is 53.5. The average Bonchev–Trinajstić information content (AvgIpc) is 3.08. The van der Waals surface area contributed by atoms with E-state index in [1.807, 2.05) is 0 Å². The van der Waals surface area contributed by atoms with Crippen molar-refractivity contribution in [2.24, 2.45) is 0 Å². The van der Waals surface area contributed by atoms with Crippen LogP contribution in [-0.2, 0) is 38.2 Å². The Morgan fingerprint density at radius 1 is 0.352 bits per heavy atom. The van der Waals surface area contributed by atoms with Crippen molar-refractivity contribution in [3.05, 3.63) is 0 Å². The number of hydrogen-bond acceptors (Lipinski definition) is 12. The molecule has 0 aliphatic heterocycles. The average molecular weight is 787 g/mol. The fourth-order valence-corrected chi connectivity index (χ4v) is 5.54. The van der Waals surface area contributed by atoms with Crippen LogP contribution in [0.25, 0.3) is 0 Å². The zero-order valence-corrected chi connectivity index (χ0v) is 38.7. The van der Waals surface area contributed by atoms with Crippen molar-refractivity contribution in [1.29, 1.82) is 0 Å². The van der Waals surface area contributed by atoms with Gasteiger partial charge < -0.3 is 39.9 Å². The van der Waals surface area contributed by atoms with Gasteiger partial charge in [-0.05, 0) is 12.8 Å². The van der Waals surface area contributed by atoms with Crippen LogP contribution in [0.2, 0.25) is 0 Å². The second kappa shape index (κ2) is 48.3. The molecular weight excluding hydrogens is 714 g/mol. The summed E-state index contributed by atoms with van der Waals surface area (Å²) >= 11 is 0. The first-order valence-corrected chi connectivity index (χ1v) is 20.4. The number of carbonyl (C=O) groups excluding carboxylic acids is 6. The van der Waals surface area contributed by atoms with Gasteiger partial charge in [0.2, 0.25) is 0 Å². The van der Waals surface area contributed by atoms with Crippen LogP contribution in [-0.4, -0.2) is 62.0 Å². The molecular formula is C40H72N2Na2O10. The molecule has 0 fully saturated rings. The van der Waals surface area contributed by atoms with Crippen LogP contribution in [0.3, 0.4) is 0 Å². The molecule has 0 aliphatic rings. The predicted molar refractivity (Wildman–Crippen MR) is 199 cm³/mol. The van der Waals surface area contributed by atoms with Crippen molar-refractivity contribution < 1.29 is 108 Å². The van der Waals surface area contributed by atoms with Gasteiger partial charge in [0, 0.05) is 25.9 Å². The molecule has 0 aliphatic carbocycles. The van der Waals surface area contributed by atoms with Gasteiger partial charge in [0.05, 0.1) is 25.0 Å². The van der Waals surface area contributed by atoms with Gasteiger partial charge in [-0.3, -0.25) is 19.2 Å². The molecule has 0 amide bonds. The number of nitrogens with one attached hydrogen (secondary N) is 2. The van der Waals surface area contributed by atoms with Crippen LogP contribution < -0.4 is 80.0 Å². The summed E-state index contributed by atoms with van der Waals surface area (Å²) in [5.74, 6) is -5.23. The van der Waals surface area contributed by atoms with E-state index in [0.717, 1.165) is 38.5 Å². The fourth-order valence-electron chi connectivity index (χ4n) is 5.54. The van der Waals surface area contributed by atoms with E-state index in [1.165, 1.54) is 128 Å². The number of unbranched alkanes of at least 4 members (excludes halogenated alkanes) is 24. The van der Waals surface area contributed by atoms with Crippen LogP contribution in [0.5, 0.6) is 0 Å². The van der Waals surface area contributed by atoms with Crippen LogP contribution >= 0.6 is 0 Å². The molecule has 0 unspecified atom stereocenters. The SMILES string of the molecule is CCCCCCCCCCCCCCCC(=O)OC(=O)CNCC(=O)[O-].CCCCCCCCCCCCCCCC(=O)OC(=O)CNCC(=O)[O-].[Na+].[Na+]. The Balaban J connectivity index is -0.000000446. The molecule has 2 N–H and O–H groups in total. The Bertz CT molecular complexity index is 853. The van der Waals surface area contributed by atoms with E-state index in [-0.39, 0.29) is 85.0 Å². The second-order valence-electron chi connectivity index (χ2n) is 13.6. The number of rotatable bonds is 36. The monoisotopic (exact) mass is 786 g/mol. The molecule has 14 heteroatoms. The largest absolute Gasteiger partial charge is 1.00 e. The van der Waals surface area contributed by atoms with E-state index in [1.54, 1.807) is 0 Å². The van der Waals surface area contributed by atoms with Crippen LogP contribution in [0.4, 0.5) is 0 Å². The van der Waals surface area contributed by atoms with E-state index in [4.69, 9.17) is 0 Å². The Labute approximate surface area is 371 Å². The maximum Gasteiger partial charge on any atom is 1.00 e. The minimum atomic E-state index is -1.31. The van der Waals surface area contributed by atoms with Gasteiger partial charge in [-0.1, -0.05) is 168 Å². The van der Waals surface area contributed by atoms with E-state index in [0.29, 0.717) is 0 Å². The summed E-state index contributed by atoms with van der Waals surface area (Å²) in [4.78, 5) is 65.7. The molecule has 0 spiro atoms. The molecule has 0 aromatic carbocycles. The van der Waals surface area contributed by atoms with Crippen molar-refractivity contribution in [3.8, 4) is 0 Å². The summed E-state index contributed by atoms with van der Waals surface area (Å²) in [6.45, 7) is 2.98. The third-order valence-electron chi connectivity index (χ3n) is 8.50. The molecule has 0 heterocycles. The summed E-state index contributed by atoms with van der Waals surface area (Å²) in [5, 5.41) is 25.0. The molecule has 0 bridgehead atoms. The predicted octanol–water partition coefficient (Wildman–Crippen LogP) is -0.238. The number of aliphatic carboxylic acids is 2. The van der Waals surface area contributed by atoms with Gasteiger partial charge >= 0.3 is 83.0 Å². The van der Waals surface area contributed by atoms with Crippen molar-refractivity contribution >= 4 is 35.8 Å². The van der Waals surface area contributed by atoms with Gasteiger partial charge in [0.15, 0.2) is 0 Å². The van der Waals surface area contributed by atoms with Gasteiger partial charge in [0.25, 0.3) is 0 Å². The Morgan fingerprint density at radius 2 is 0.574 bits per heavy atom. The second-order valence-corrected chi connectivity index (χ2v) is 13.6. The fraction of sp³-hybridized carbons (Fsp3) is 0.850. The summed E-state index contributed by atoms with van der Waals surface area (Å²) < 4.78 is 9.17. The molecule has 0 aromatic heterocycles. The minimum Gasteiger partial charge on any atom is -0.549 e. The topological polar surface area (TPSA) is 191 Å². The minimum absolute atomic E-state index is 0. The smallest absolute Gasteiger partial charge is 0.549 e. The van der Waals surface area contributed by atoms with Gasteiger partial charge in [-0.15, -0.1) is 0 Å². The van der Waals surface area contributed by atoms with E-state index in [9.17, 15) is 39.0 Å².